The molecule has 0 saturated carbocycles. The van der Waals surface area contributed by atoms with E-state index in [0.717, 1.165) is 44.0 Å². The molecular weight excluding hydrogens is 940 g/mol. The Morgan fingerprint density at radius 2 is 1.16 bits per heavy atom. The summed E-state index contributed by atoms with van der Waals surface area (Å²) in [4.78, 5) is 109. The molecule has 0 bridgehead atoms. The highest BCUT2D eigenvalue weighted by molar-refractivity contribution is 6.13. The van der Waals surface area contributed by atoms with Crippen molar-refractivity contribution in [1.82, 2.24) is 26.3 Å². The van der Waals surface area contributed by atoms with Crippen LogP contribution < -0.4 is 21.4 Å². The number of hydrogen-bond acceptors (Lipinski definition) is 26. The van der Waals surface area contributed by atoms with Crippen LogP contribution in [0.5, 0.6) is 0 Å². The fourth-order valence-electron chi connectivity index (χ4n) is 7.81. The topological polar surface area (TPSA) is 453 Å². The Kier molecular flexibility index (Phi) is 19.6. The number of aliphatic hydroxyl groups is 8. The van der Waals surface area contributed by atoms with Gasteiger partial charge in [0.15, 0.2) is 0 Å². The molecule has 31 nitrogen and oxygen atoms in total. The van der Waals surface area contributed by atoms with Crippen molar-refractivity contribution in [3.63, 3.8) is 0 Å². The summed E-state index contributed by atoms with van der Waals surface area (Å²) >= 11 is 0. The van der Waals surface area contributed by atoms with Gasteiger partial charge in [0, 0.05) is 45.9 Å². The van der Waals surface area contributed by atoms with Crippen molar-refractivity contribution >= 4 is 61.1 Å². The summed E-state index contributed by atoms with van der Waals surface area (Å²) in [5.74, 6) is -13.4. The summed E-state index contributed by atoms with van der Waals surface area (Å²) in [6.45, 7) is -0.694. The van der Waals surface area contributed by atoms with Crippen LogP contribution >= 0.6 is 0 Å². The fourth-order valence-corrected chi connectivity index (χ4v) is 7.81. The molecule has 3 fully saturated rings. The third-order valence-electron chi connectivity index (χ3n) is 10.8. The van der Waals surface area contributed by atoms with E-state index in [2.05, 4.69) is 31.2 Å². The molecule has 4 aliphatic heterocycles. The van der Waals surface area contributed by atoms with Crippen LogP contribution in [-0.2, 0) is 81.0 Å². The largest absolute Gasteiger partial charge is 0.410 e. The van der Waals surface area contributed by atoms with Gasteiger partial charge < -0.3 is 94.7 Å². The van der Waals surface area contributed by atoms with Crippen LogP contribution in [0, 0.1) is 0 Å². The molecule has 16 unspecified atom stereocenters. The minimum Gasteiger partial charge on any atom is -0.410 e. The van der Waals surface area contributed by atoms with Crippen LogP contribution in [0.4, 0.5) is 0 Å². The number of rotatable bonds is 24. The van der Waals surface area contributed by atoms with E-state index in [1.807, 2.05) is 0 Å². The Hall–Kier alpha value is -5.68. The first-order valence-electron chi connectivity index (χ1n) is 20.7. The van der Waals surface area contributed by atoms with Crippen molar-refractivity contribution in [2.75, 3.05) is 19.8 Å². The van der Waals surface area contributed by atoms with E-state index in [1.54, 1.807) is 0 Å². The maximum Gasteiger partial charge on any atom is 0.332 e. The molecule has 16 atom stereocenters. The molecule has 0 aromatic carbocycles. The first-order valence-corrected chi connectivity index (χ1v) is 20.7. The van der Waals surface area contributed by atoms with Gasteiger partial charge in [-0.25, -0.2) is 5.43 Å². The van der Waals surface area contributed by atoms with Crippen LogP contribution in [0.3, 0.4) is 0 Å². The molecule has 386 valence electrons. The van der Waals surface area contributed by atoms with Crippen molar-refractivity contribution < 1.29 is 122 Å². The number of nitrogens with one attached hydrogen (secondary N) is 4. The average molecular weight is 995 g/mol. The van der Waals surface area contributed by atoms with E-state index in [0.29, 0.717) is 0 Å². The van der Waals surface area contributed by atoms with Gasteiger partial charge in [0.25, 0.3) is 31.2 Å². The number of carbonyl (C=O) groups is 9. The van der Waals surface area contributed by atoms with Gasteiger partial charge in [-0.05, 0) is 0 Å². The molecule has 4 rings (SSSR count). The lowest BCUT2D eigenvalue weighted by Crippen LogP contribution is -2.69. The number of carbonyl (C=O) groups excluding carboxylic acids is 9. The molecular formula is C38H54N6O25. The van der Waals surface area contributed by atoms with E-state index >= 15 is 0 Å². The van der Waals surface area contributed by atoms with Crippen LogP contribution in [0.2, 0.25) is 0 Å². The Bertz CT molecular complexity index is 1930. The number of hydrogen-bond donors (Lipinski definition) is 12. The molecule has 0 aromatic rings. The van der Waals surface area contributed by atoms with Gasteiger partial charge in [0.05, 0.1) is 75.1 Å². The van der Waals surface area contributed by atoms with Crippen LogP contribution in [-0.4, -0.2) is 224 Å². The molecule has 4 aliphatic rings. The van der Waals surface area contributed by atoms with E-state index < -0.39 is 171 Å². The predicted octanol–water partition coefficient (Wildman–Crippen LogP) is -8.68. The van der Waals surface area contributed by atoms with Crippen molar-refractivity contribution in [2.45, 2.75) is 144 Å². The number of amides is 6. The standard InChI is InChI=1S/C38H54N6O25/c1-17(50)40-29-21(54)9-37(63-15-48,65-23(29)11-39-43-26(56)6-7-44-27(57)4-5-28(44)58)66-25(13-46)33(60)35-31(42-19(3)52)22(55)10-38(69-35,64-16-49)67-24(12-45)32(59)34-30(41-18(2)51)20(53)8-36(61,68-34)62-14-47/h4-5,11,14-16,20-25,29-35,45-46,53-55,59-61H,6-10,12-13H2,1-3H3,(H,40,50)(H,41,51)(H,42,52)(H,43,56)/b39-11-. The zero-order valence-corrected chi connectivity index (χ0v) is 36.8. The summed E-state index contributed by atoms with van der Waals surface area (Å²) in [5, 5.41) is 99.4. The molecule has 3 saturated heterocycles. The summed E-state index contributed by atoms with van der Waals surface area (Å²) in [6, 6.07) is -4.83. The third-order valence-corrected chi connectivity index (χ3v) is 10.8. The second kappa shape index (κ2) is 24.2. The maximum absolute atomic E-state index is 12.5. The smallest absolute Gasteiger partial charge is 0.332 e. The molecule has 69 heavy (non-hydrogen) atoms. The monoisotopic (exact) mass is 994 g/mol. The quantitative estimate of drug-likeness (QED) is 0.0107. The molecule has 4 heterocycles. The SMILES string of the molecule is CC(=O)NC1C(O)CC(OC=O)(OC(CO)C(O)C2OC(OC=O)(OC(CO)C(O)C3OC(O)(OC=O)CC(O)C3NC(C)=O)CC(O)C2NC(C)=O)OC1/C=N\NC(=O)CCN1C(=O)C=CC1=O. The van der Waals surface area contributed by atoms with Gasteiger partial charge in [0.2, 0.25) is 23.6 Å². The highest BCUT2D eigenvalue weighted by Crippen LogP contribution is 2.39. The first kappa shape index (κ1) is 55.9. The summed E-state index contributed by atoms with van der Waals surface area (Å²) in [6.07, 6.45) is -21.0. The van der Waals surface area contributed by atoms with Crippen molar-refractivity contribution in [1.29, 1.82) is 0 Å². The lowest BCUT2D eigenvalue weighted by molar-refractivity contribution is -0.440. The molecule has 6 amide bonds. The van der Waals surface area contributed by atoms with E-state index in [9.17, 15) is 84.0 Å². The molecule has 0 aliphatic carbocycles. The molecule has 31 heteroatoms. The Morgan fingerprint density at radius 1 is 0.725 bits per heavy atom. The van der Waals surface area contributed by atoms with Crippen LogP contribution in [0.1, 0.15) is 46.5 Å². The lowest BCUT2D eigenvalue weighted by Gasteiger charge is -2.50. The molecule has 0 radical (unpaired) electrons. The van der Waals surface area contributed by atoms with E-state index in [4.69, 9.17) is 33.2 Å². The normalized spacial score (nSPS) is 34.1. The first-order chi connectivity index (χ1) is 32.5. The average Bonchev–Trinajstić information content (AvgIpc) is 3.59. The number of hydrazone groups is 1. The Balaban J connectivity index is 1.65. The minimum atomic E-state index is -3.02. The molecule has 12 N–H and O–H groups in total. The second-order valence-electron chi connectivity index (χ2n) is 15.8. The van der Waals surface area contributed by atoms with E-state index in [1.165, 1.54) is 0 Å². The minimum absolute atomic E-state index is 0.242. The maximum atomic E-state index is 12.5. The van der Waals surface area contributed by atoms with Crippen molar-refractivity contribution in [3.8, 4) is 0 Å². The van der Waals surface area contributed by atoms with Gasteiger partial charge >= 0.3 is 17.9 Å². The van der Waals surface area contributed by atoms with Crippen LogP contribution in [0.15, 0.2) is 17.3 Å². The van der Waals surface area contributed by atoms with Gasteiger partial charge in [-0.1, -0.05) is 0 Å². The second-order valence-corrected chi connectivity index (χ2v) is 15.8. The Morgan fingerprint density at radius 3 is 1.62 bits per heavy atom. The van der Waals surface area contributed by atoms with Gasteiger partial charge in [0.1, 0.15) is 42.7 Å². The zero-order chi connectivity index (χ0) is 51.4. The molecule has 0 spiro atoms. The fraction of sp³-hybridized carbons (Fsp3) is 0.684. The van der Waals surface area contributed by atoms with Crippen LogP contribution in [0.25, 0.3) is 0 Å². The highest BCUT2D eigenvalue weighted by Gasteiger charge is 2.59. The van der Waals surface area contributed by atoms with Crippen molar-refractivity contribution in [3.05, 3.63) is 12.2 Å². The summed E-state index contributed by atoms with van der Waals surface area (Å²) in [5.41, 5.74) is 2.09. The summed E-state index contributed by atoms with van der Waals surface area (Å²) < 4.78 is 43.3. The number of ether oxygens (including phenoxy) is 8. The van der Waals surface area contributed by atoms with E-state index in [-0.39, 0.29) is 26.0 Å². The predicted molar refractivity (Wildman–Crippen MR) is 214 cm³/mol. The van der Waals surface area contributed by atoms with Gasteiger partial charge in [-0.3, -0.25) is 48.1 Å². The highest BCUT2D eigenvalue weighted by atomic mass is 16.9. The number of imide groups is 1. The zero-order valence-electron chi connectivity index (χ0n) is 36.8. The van der Waals surface area contributed by atoms with Crippen molar-refractivity contribution in [2.24, 2.45) is 5.10 Å². The third kappa shape index (κ3) is 14.2. The lowest BCUT2D eigenvalue weighted by atomic mass is 9.90. The molecule has 0 aromatic heterocycles. The number of aliphatic hydroxyl groups excluding tert-OH is 7. The Labute approximate surface area is 389 Å². The van der Waals surface area contributed by atoms with Gasteiger partial charge in [-0.15, -0.1) is 0 Å². The van der Waals surface area contributed by atoms with Gasteiger partial charge in [-0.2, -0.15) is 5.10 Å². The number of nitrogens with zero attached hydrogens (tertiary/aromatic N) is 2. The summed E-state index contributed by atoms with van der Waals surface area (Å²) in [7, 11) is 0.